The van der Waals surface area contributed by atoms with Crippen molar-refractivity contribution in [2.75, 3.05) is 17.2 Å². The van der Waals surface area contributed by atoms with Gasteiger partial charge in [0, 0.05) is 24.7 Å². The van der Waals surface area contributed by atoms with Crippen molar-refractivity contribution in [2.45, 2.75) is 82.8 Å². The molecule has 2 aliphatic rings. The van der Waals surface area contributed by atoms with E-state index in [1.54, 1.807) is 0 Å². The van der Waals surface area contributed by atoms with Crippen molar-refractivity contribution in [2.24, 2.45) is 5.73 Å². The maximum absolute atomic E-state index is 6.04. The molecule has 0 saturated heterocycles. The highest BCUT2D eigenvalue weighted by Crippen LogP contribution is 2.33. The molecular weight excluding hydrogens is 397 g/mol. The van der Waals surface area contributed by atoms with Crippen LogP contribution in [0.4, 0.5) is 11.8 Å². The lowest BCUT2D eigenvalue weighted by molar-refractivity contribution is 0.410. The molecule has 2 aliphatic carbocycles. The quantitative estimate of drug-likeness (QED) is 0.633. The molecule has 2 aromatic rings. The SMILES string of the molecule is CCCNc1nc(NC2CCC(N)CC2)nc2c1ncn2C1CCCC1.Cl.Cl. The van der Waals surface area contributed by atoms with E-state index in [0.29, 0.717) is 18.1 Å². The van der Waals surface area contributed by atoms with Crippen molar-refractivity contribution < 1.29 is 0 Å². The first-order chi connectivity index (χ1) is 12.7. The van der Waals surface area contributed by atoms with E-state index >= 15 is 0 Å². The van der Waals surface area contributed by atoms with Crippen LogP contribution in [0.2, 0.25) is 0 Å². The minimum absolute atomic E-state index is 0. The van der Waals surface area contributed by atoms with Gasteiger partial charge in [-0.25, -0.2) is 4.98 Å². The Hall–Kier alpha value is -1.31. The summed E-state index contributed by atoms with van der Waals surface area (Å²) < 4.78 is 2.27. The number of rotatable bonds is 6. The van der Waals surface area contributed by atoms with E-state index in [9.17, 15) is 0 Å². The number of hydrogen-bond donors (Lipinski definition) is 3. The third kappa shape index (κ3) is 4.99. The third-order valence-electron chi connectivity index (χ3n) is 5.79. The molecule has 0 radical (unpaired) electrons. The summed E-state index contributed by atoms with van der Waals surface area (Å²) >= 11 is 0. The average Bonchev–Trinajstić information content (AvgIpc) is 3.31. The number of hydrogen-bond acceptors (Lipinski definition) is 6. The molecule has 2 fully saturated rings. The van der Waals surface area contributed by atoms with Gasteiger partial charge in [-0.2, -0.15) is 9.97 Å². The Morgan fingerprint density at radius 2 is 1.79 bits per heavy atom. The summed E-state index contributed by atoms with van der Waals surface area (Å²) in [5.41, 5.74) is 7.89. The molecule has 0 atom stereocenters. The molecule has 0 aliphatic heterocycles. The fourth-order valence-electron chi connectivity index (χ4n) is 4.24. The van der Waals surface area contributed by atoms with E-state index in [2.05, 4.69) is 27.1 Å². The lowest BCUT2D eigenvalue weighted by Gasteiger charge is -2.27. The highest BCUT2D eigenvalue weighted by atomic mass is 35.5. The molecular formula is C19H33Cl2N7. The molecule has 0 amide bonds. The van der Waals surface area contributed by atoms with Gasteiger partial charge in [0.2, 0.25) is 5.95 Å². The molecule has 4 N–H and O–H groups in total. The zero-order valence-corrected chi connectivity index (χ0v) is 18.2. The van der Waals surface area contributed by atoms with Crippen molar-refractivity contribution in [1.29, 1.82) is 0 Å². The van der Waals surface area contributed by atoms with E-state index < -0.39 is 0 Å². The highest BCUT2D eigenvalue weighted by Gasteiger charge is 2.23. The van der Waals surface area contributed by atoms with E-state index in [1.165, 1.54) is 25.7 Å². The minimum atomic E-state index is 0. The van der Waals surface area contributed by atoms with Crippen LogP contribution in [0.3, 0.4) is 0 Å². The number of fused-ring (bicyclic) bond motifs is 1. The summed E-state index contributed by atoms with van der Waals surface area (Å²) in [5.74, 6) is 1.57. The van der Waals surface area contributed by atoms with Gasteiger partial charge in [-0.1, -0.05) is 19.8 Å². The molecule has 7 nitrogen and oxygen atoms in total. The Balaban J connectivity index is 0.00000140. The molecule has 0 spiro atoms. The van der Waals surface area contributed by atoms with Crippen LogP contribution in [-0.4, -0.2) is 38.1 Å². The van der Waals surface area contributed by atoms with Gasteiger partial charge < -0.3 is 20.9 Å². The van der Waals surface area contributed by atoms with Gasteiger partial charge in [-0.05, 0) is 44.9 Å². The molecule has 158 valence electrons. The van der Waals surface area contributed by atoms with Gasteiger partial charge in [0.05, 0.1) is 6.33 Å². The number of halogens is 2. The summed E-state index contributed by atoms with van der Waals surface area (Å²) in [4.78, 5) is 14.3. The predicted molar refractivity (Wildman–Crippen MR) is 120 cm³/mol. The molecule has 4 rings (SSSR count). The van der Waals surface area contributed by atoms with Crippen LogP contribution < -0.4 is 16.4 Å². The topological polar surface area (TPSA) is 93.7 Å². The molecule has 9 heteroatoms. The largest absolute Gasteiger partial charge is 0.368 e. The second-order valence-corrected chi connectivity index (χ2v) is 7.84. The van der Waals surface area contributed by atoms with Crippen molar-refractivity contribution >= 4 is 47.7 Å². The molecule has 2 heterocycles. The Bertz CT molecular complexity index is 737. The van der Waals surface area contributed by atoms with Gasteiger partial charge in [0.1, 0.15) is 0 Å². The Morgan fingerprint density at radius 1 is 1.07 bits per heavy atom. The molecule has 0 aromatic carbocycles. The van der Waals surface area contributed by atoms with Crippen molar-refractivity contribution in [3.05, 3.63) is 6.33 Å². The van der Waals surface area contributed by atoms with E-state index in [-0.39, 0.29) is 24.8 Å². The summed E-state index contributed by atoms with van der Waals surface area (Å²) in [6, 6.07) is 1.28. The third-order valence-corrected chi connectivity index (χ3v) is 5.79. The first-order valence-electron chi connectivity index (χ1n) is 10.2. The molecule has 2 aromatic heterocycles. The number of nitrogens with one attached hydrogen (secondary N) is 2. The molecule has 0 bridgehead atoms. The van der Waals surface area contributed by atoms with Crippen LogP contribution in [-0.2, 0) is 0 Å². The molecule has 0 unspecified atom stereocenters. The fraction of sp³-hybridized carbons (Fsp3) is 0.737. The maximum atomic E-state index is 6.04. The van der Waals surface area contributed by atoms with Crippen LogP contribution in [0.25, 0.3) is 11.2 Å². The van der Waals surface area contributed by atoms with E-state index in [0.717, 1.165) is 61.6 Å². The van der Waals surface area contributed by atoms with Gasteiger partial charge in [-0.3, -0.25) is 0 Å². The normalized spacial score (nSPS) is 22.5. The van der Waals surface area contributed by atoms with E-state index in [1.807, 2.05) is 6.33 Å². The maximum Gasteiger partial charge on any atom is 0.227 e. The number of nitrogens with two attached hydrogens (primary N) is 1. The smallest absolute Gasteiger partial charge is 0.227 e. The van der Waals surface area contributed by atoms with Crippen LogP contribution in [0.5, 0.6) is 0 Å². The van der Waals surface area contributed by atoms with Gasteiger partial charge in [0.25, 0.3) is 0 Å². The predicted octanol–water partition coefficient (Wildman–Crippen LogP) is 4.29. The first-order valence-corrected chi connectivity index (χ1v) is 10.2. The van der Waals surface area contributed by atoms with Crippen molar-refractivity contribution in [3.63, 3.8) is 0 Å². The zero-order valence-electron chi connectivity index (χ0n) is 16.6. The average molecular weight is 430 g/mol. The Kier molecular flexibility index (Phi) is 8.58. The monoisotopic (exact) mass is 429 g/mol. The first kappa shape index (κ1) is 23.0. The summed E-state index contributed by atoms with van der Waals surface area (Å²) in [7, 11) is 0. The highest BCUT2D eigenvalue weighted by molar-refractivity contribution is 5.86. The van der Waals surface area contributed by atoms with E-state index in [4.69, 9.17) is 15.7 Å². The lowest BCUT2D eigenvalue weighted by atomic mass is 9.92. The summed E-state index contributed by atoms with van der Waals surface area (Å²) in [6.07, 6.45) is 12.3. The van der Waals surface area contributed by atoms with Gasteiger partial charge in [0.15, 0.2) is 17.0 Å². The van der Waals surface area contributed by atoms with Crippen LogP contribution in [0.15, 0.2) is 6.33 Å². The summed E-state index contributed by atoms with van der Waals surface area (Å²) in [6.45, 7) is 3.05. The Morgan fingerprint density at radius 3 is 2.46 bits per heavy atom. The molecule has 28 heavy (non-hydrogen) atoms. The lowest BCUT2D eigenvalue weighted by Crippen LogP contribution is -2.33. The minimum Gasteiger partial charge on any atom is -0.368 e. The number of anilines is 2. The number of aromatic nitrogens is 4. The van der Waals surface area contributed by atoms with Crippen LogP contribution >= 0.6 is 24.8 Å². The second-order valence-electron chi connectivity index (χ2n) is 7.84. The standard InChI is InChI=1S/C19H31N7.2ClH/c1-2-11-21-17-16-18(26(12-22-16)15-5-3-4-6-15)25-19(24-17)23-14-9-7-13(20)8-10-14;;/h12-15H,2-11,20H2,1H3,(H2,21,23,24,25);2*1H. The van der Waals surface area contributed by atoms with Gasteiger partial charge >= 0.3 is 0 Å². The number of nitrogens with zero attached hydrogens (tertiary/aromatic N) is 4. The zero-order chi connectivity index (χ0) is 17.9. The van der Waals surface area contributed by atoms with Crippen molar-refractivity contribution in [1.82, 2.24) is 19.5 Å². The molecule has 2 saturated carbocycles. The van der Waals surface area contributed by atoms with Crippen LogP contribution in [0, 0.1) is 0 Å². The second kappa shape index (κ2) is 10.5. The summed E-state index contributed by atoms with van der Waals surface area (Å²) in [5, 5.41) is 7.00. The fourth-order valence-corrected chi connectivity index (χ4v) is 4.24. The van der Waals surface area contributed by atoms with Crippen LogP contribution in [0.1, 0.15) is 70.8 Å². The van der Waals surface area contributed by atoms with Gasteiger partial charge in [-0.15, -0.1) is 24.8 Å². The Labute approximate surface area is 179 Å². The van der Waals surface area contributed by atoms with Crippen molar-refractivity contribution in [3.8, 4) is 0 Å². The number of imidazole rings is 1.